The van der Waals surface area contributed by atoms with Crippen LogP contribution in [-0.4, -0.2) is 10.5 Å². The minimum atomic E-state index is -0.422. The SMILES string of the molecule is Cc1ccc(C)c(NC(=O)/C(C#N)=C/c2cc(C)n(-c3cccc(Cl)c3)c2C)c1. The van der Waals surface area contributed by atoms with Crippen LogP contribution in [0, 0.1) is 39.0 Å². The zero-order valence-electron chi connectivity index (χ0n) is 16.9. The van der Waals surface area contributed by atoms with Gasteiger partial charge in [0.2, 0.25) is 0 Å². The van der Waals surface area contributed by atoms with Crippen molar-refractivity contribution in [1.82, 2.24) is 4.57 Å². The van der Waals surface area contributed by atoms with Crippen molar-refractivity contribution in [2.75, 3.05) is 5.32 Å². The summed E-state index contributed by atoms with van der Waals surface area (Å²) >= 11 is 6.13. The Morgan fingerprint density at radius 2 is 1.86 bits per heavy atom. The zero-order valence-corrected chi connectivity index (χ0v) is 17.6. The van der Waals surface area contributed by atoms with Gasteiger partial charge in [0.25, 0.3) is 5.91 Å². The number of nitrogens with one attached hydrogen (secondary N) is 1. The molecule has 0 bridgehead atoms. The highest BCUT2D eigenvalue weighted by atomic mass is 35.5. The number of nitriles is 1. The summed E-state index contributed by atoms with van der Waals surface area (Å²) in [5.74, 6) is -0.422. The third-order valence-electron chi connectivity index (χ3n) is 4.84. The number of carbonyl (C=O) groups excluding carboxylic acids is 1. The first kappa shape index (κ1) is 20.4. The molecular weight excluding hydrogens is 382 g/mol. The van der Waals surface area contributed by atoms with E-state index in [-0.39, 0.29) is 5.57 Å². The summed E-state index contributed by atoms with van der Waals surface area (Å²) in [6, 6.07) is 17.4. The summed E-state index contributed by atoms with van der Waals surface area (Å²) < 4.78 is 2.05. The number of anilines is 1. The minimum Gasteiger partial charge on any atom is -0.321 e. The molecule has 0 fully saturated rings. The number of amides is 1. The topological polar surface area (TPSA) is 57.8 Å². The van der Waals surface area contributed by atoms with E-state index in [2.05, 4.69) is 9.88 Å². The average Bonchev–Trinajstić information content (AvgIpc) is 2.95. The van der Waals surface area contributed by atoms with Crippen molar-refractivity contribution < 1.29 is 4.79 Å². The fourth-order valence-electron chi connectivity index (χ4n) is 3.31. The Hall–Kier alpha value is -3.29. The molecule has 2 aromatic carbocycles. The quantitative estimate of drug-likeness (QED) is 0.434. The Balaban J connectivity index is 1.96. The van der Waals surface area contributed by atoms with Crippen molar-refractivity contribution in [3.05, 3.63) is 87.2 Å². The molecule has 1 N–H and O–H groups in total. The van der Waals surface area contributed by atoms with E-state index in [1.165, 1.54) is 0 Å². The second-order valence-corrected chi connectivity index (χ2v) is 7.52. The normalized spacial score (nSPS) is 11.2. The molecule has 3 rings (SSSR count). The molecule has 1 aromatic heterocycles. The summed E-state index contributed by atoms with van der Waals surface area (Å²) in [6.45, 7) is 7.81. The van der Waals surface area contributed by atoms with Crippen LogP contribution >= 0.6 is 11.6 Å². The van der Waals surface area contributed by atoms with E-state index in [0.717, 1.165) is 33.8 Å². The number of aromatic nitrogens is 1. The maximum atomic E-state index is 12.7. The van der Waals surface area contributed by atoms with Crippen LogP contribution in [0.15, 0.2) is 54.1 Å². The van der Waals surface area contributed by atoms with E-state index in [9.17, 15) is 10.1 Å². The Morgan fingerprint density at radius 1 is 1.10 bits per heavy atom. The van der Waals surface area contributed by atoms with Gasteiger partial charge in [-0.15, -0.1) is 0 Å². The highest BCUT2D eigenvalue weighted by Gasteiger charge is 2.15. The molecule has 0 aliphatic rings. The highest BCUT2D eigenvalue weighted by molar-refractivity contribution is 6.30. The molecule has 29 heavy (non-hydrogen) atoms. The largest absolute Gasteiger partial charge is 0.321 e. The number of carbonyl (C=O) groups is 1. The smallest absolute Gasteiger partial charge is 0.266 e. The third kappa shape index (κ3) is 4.42. The van der Waals surface area contributed by atoms with Crippen molar-refractivity contribution >= 4 is 29.3 Å². The van der Waals surface area contributed by atoms with Gasteiger partial charge in [0.15, 0.2) is 0 Å². The van der Waals surface area contributed by atoms with Crippen LogP contribution in [0.4, 0.5) is 5.69 Å². The summed E-state index contributed by atoms with van der Waals surface area (Å²) in [6.07, 6.45) is 1.63. The lowest BCUT2D eigenvalue weighted by molar-refractivity contribution is -0.112. The Kier molecular flexibility index (Phi) is 5.91. The first-order valence-electron chi connectivity index (χ1n) is 9.25. The number of hydrogen-bond acceptors (Lipinski definition) is 2. The number of benzene rings is 2. The van der Waals surface area contributed by atoms with Crippen molar-refractivity contribution in [2.45, 2.75) is 27.7 Å². The van der Waals surface area contributed by atoms with Crippen LogP contribution in [0.3, 0.4) is 0 Å². The van der Waals surface area contributed by atoms with Gasteiger partial charge in [-0.05, 0) is 80.8 Å². The monoisotopic (exact) mass is 403 g/mol. The van der Waals surface area contributed by atoms with Crippen molar-refractivity contribution in [3.63, 3.8) is 0 Å². The Labute approximate surface area is 176 Å². The molecular formula is C24H22ClN3O. The van der Waals surface area contributed by atoms with E-state index < -0.39 is 5.91 Å². The maximum Gasteiger partial charge on any atom is 0.266 e. The lowest BCUT2D eigenvalue weighted by Crippen LogP contribution is -2.14. The molecule has 1 heterocycles. The number of hydrogen-bond donors (Lipinski definition) is 1. The fraction of sp³-hybridized carbons (Fsp3) is 0.167. The maximum absolute atomic E-state index is 12.7. The van der Waals surface area contributed by atoms with Gasteiger partial charge in [0.05, 0.1) is 0 Å². The summed E-state index contributed by atoms with van der Waals surface area (Å²) in [7, 11) is 0. The van der Waals surface area contributed by atoms with Crippen LogP contribution in [0.25, 0.3) is 11.8 Å². The predicted octanol–water partition coefficient (Wildman–Crippen LogP) is 5.91. The van der Waals surface area contributed by atoms with Crippen molar-refractivity contribution in [3.8, 4) is 11.8 Å². The second-order valence-electron chi connectivity index (χ2n) is 7.08. The molecule has 0 unspecified atom stereocenters. The average molecular weight is 404 g/mol. The molecule has 0 aliphatic heterocycles. The van der Waals surface area contributed by atoms with Gasteiger partial charge in [-0.3, -0.25) is 4.79 Å². The lowest BCUT2D eigenvalue weighted by Gasteiger charge is -2.10. The molecule has 0 aliphatic carbocycles. The van der Waals surface area contributed by atoms with Crippen molar-refractivity contribution in [2.24, 2.45) is 0 Å². The fourth-order valence-corrected chi connectivity index (χ4v) is 3.50. The van der Waals surface area contributed by atoms with E-state index in [1.54, 1.807) is 6.08 Å². The van der Waals surface area contributed by atoms with Crippen LogP contribution in [0.5, 0.6) is 0 Å². The first-order chi connectivity index (χ1) is 13.8. The van der Waals surface area contributed by atoms with Crippen molar-refractivity contribution in [1.29, 1.82) is 5.26 Å². The van der Waals surface area contributed by atoms with Gasteiger partial charge in [0, 0.05) is 27.8 Å². The second kappa shape index (κ2) is 8.38. The molecule has 0 spiro atoms. The number of nitrogens with zero attached hydrogens (tertiary/aromatic N) is 2. The van der Waals surface area contributed by atoms with Gasteiger partial charge in [-0.25, -0.2) is 0 Å². The van der Waals surface area contributed by atoms with Gasteiger partial charge < -0.3 is 9.88 Å². The van der Waals surface area contributed by atoms with Gasteiger partial charge in [0.1, 0.15) is 11.6 Å². The van der Waals surface area contributed by atoms with Crippen LogP contribution in [0.2, 0.25) is 5.02 Å². The number of halogens is 1. The highest BCUT2D eigenvalue weighted by Crippen LogP contribution is 2.25. The molecule has 1 amide bonds. The summed E-state index contributed by atoms with van der Waals surface area (Å²) in [4.78, 5) is 12.7. The van der Waals surface area contributed by atoms with E-state index >= 15 is 0 Å². The molecule has 5 heteroatoms. The zero-order chi connectivity index (χ0) is 21.1. The van der Waals surface area contributed by atoms with Crippen LogP contribution in [0.1, 0.15) is 28.1 Å². The third-order valence-corrected chi connectivity index (χ3v) is 5.08. The first-order valence-corrected chi connectivity index (χ1v) is 9.63. The molecule has 0 atom stereocenters. The molecule has 0 saturated heterocycles. The molecule has 3 aromatic rings. The van der Waals surface area contributed by atoms with Crippen LogP contribution < -0.4 is 5.32 Å². The summed E-state index contributed by atoms with van der Waals surface area (Å²) in [5.41, 5.74) is 6.41. The van der Waals surface area contributed by atoms with Gasteiger partial charge >= 0.3 is 0 Å². The van der Waals surface area contributed by atoms with E-state index in [4.69, 9.17) is 11.6 Å². The van der Waals surface area contributed by atoms with Gasteiger partial charge in [-0.2, -0.15) is 5.26 Å². The van der Waals surface area contributed by atoms with Crippen LogP contribution in [-0.2, 0) is 4.79 Å². The summed E-state index contributed by atoms with van der Waals surface area (Å²) in [5, 5.41) is 13.1. The van der Waals surface area contributed by atoms with E-state index in [0.29, 0.717) is 10.7 Å². The molecule has 146 valence electrons. The van der Waals surface area contributed by atoms with Gasteiger partial charge in [-0.1, -0.05) is 29.8 Å². The Bertz CT molecular complexity index is 1170. The predicted molar refractivity (Wildman–Crippen MR) is 118 cm³/mol. The molecule has 0 radical (unpaired) electrons. The number of rotatable bonds is 4. The van der Waals surface area contributed by atoms with E-state index in [1.807, 2.05) is 82.3 Å². The minimum absolute atomic E-state index is 0.0530. The number of aryl methyl sites for hydroxylation is 3. The lowest BCUT2D eigenvalue weighted by atomic mass is 10.1. The Morgan fingerprint density at radius 3 is 2.55 bits per heavy atom. The molecule has 0 saturated carbocycles. The molecule has 4 nitrogen and oxygen atoms in total. The standard InChI is InChI=1S/C24H22ClN3O/c1-15-8-9-16(2)23(10-15)27-24(29)20(14-26)12-19-11-17(3)28(18(19)4)22-7-5-6-21(25)13-22/h5-13H,1-4H3,(H,27,29)/b20-12+.